The number of H-pyrrole nitrogens is 1. The molecule has 4 nitrogen and oxygen atoms in total. The third kappa shape index (κ3) is 4.83. The number of rotatable bonds is 6. The van der Waals surface area contributed by atoms with Crippen molar-refractivity contribution < 1.29 is 22.4 Å². The van der Waals surface area contributed by atoms with Gasteiger partial charge in [0.1, 0.15) is 11.6 Å². The highest BCUT2D eigenvalue weighted by molar-refractivity contribution is 8.00. The van der Waals surface area contributed by atoms with E-state index in [0.29, 0.717) is 5.82 Å². The Bertz CT molecular complexity index is 923. The molecule has 0 bridgehead atoms. The molecule has 28 heavy (non-hydrogen) atoms. The van der Waals surface area contributed by atoms with Crippen LogP contribution in [0, 0.1) is 5.82 Å². The fourth-order valence-corrected chi connectivity index (χ4v) is 3.41. The van der Waals surface area contributed by atoms with Gasteiger partial charge in [0.15, 0.2) is 6.04 Å². The van der Waals surface area contributed by atoms with Crippen LogP contribution in [-0.2, 0) is 4.79 Å². The van der Waals surface area contributed by atoms with Crippen LogP contribution in [-0.4, -0.2) is 27.8 Å². The highest BCUT2D eigenvalue weighted by Gasteiger charge is 2.41. The van der Waals surface area contributed by atoms with Gasteiger partial charge in [0.25, 0.3) is 0 Å². The topological polar surface area (TPSA) is 57.8 Å². The summed E-state index contributed by atoms with van der Waals surface area (Å²) in [6.45, 7) is 1.82. The Morgan fingerprint density at radius 1 is 1.18 bits per heavy atom. The number of alkyl halides is 3. The number of benzene rings is 2. The zero-order valence-electron chi connectivity index (χ0n) is 14.8. The van der Waals surface area contributed by atoms with Crippen molar-refractivity contribution in [1.82, 2.24) is 15.3 Å². The molecular formula is C19H17F4N3OS. The molecule has 0 saturated carbocycles. The number of imidazole rings is 1. The van der Waals surface area contributed by atoms with Crippen molar-refractivity contribution >= 4 is 28.7 Å². The van der Waals surface area contributed by atoms with E-state index in [1.807, 2.05) is 36.5 Å². The Morgan fingerprint density at radius 2 is 1.86 bits per heavy atom. The second kappa shape index (κ2) is 8.22. The van der Waals surface area contributed by atoms with E-state index in [4.69, 9.17) is 0 Å². The zero-order valence-corrected chi connectivity index (χ0v) is 15.6. The monoisotopic (exact) mass is 411 g/mol. The Kier molecular flexibility index (Phi) is 5.93. The Labute approximate surface area is 162 Å². The van der Waals surface area contributed by atoms with Gasteiger partial charge in [0.2, 0.25) is 5.91 Å². The van der Waals surface area contributed by atoms with Crippen LogP contribution in [0.15, 0.2) is 48.5 Å². The quantitative estimate of drug-likeness (QED) is 0.567. The number of fused-ring (bicyclic) bond motifs is 1. The van der Waals surface area contributed by atoms with Crippen LogP contribution in [0.1, 0.15) is 29.6 Å². The van der Waals surface area contributed by atoms with Crippen LogP contribution in [0.3, 0.4) is 0 Å². The largest absolute Gasteiger partial charge is 0.412 e. The van der Waals surface area contributed by atoms with Gasteiger partial charge in [-0.05, 0) is 36.8 Å². The van der Waals surface area contributed by atoms with Crippen LogP contribution in [0.4, 0.5) is 17.6 Å². The van der Waals surface area contributed by atoms with E-state index in [1.54, 1.807) is 0 Å². The number of carbonyl (C=O) groups excluding carboxylic acids is 1. The van der Waals surface area contributed by atoms with Gasteiger partial charge in [0.05, 0.1) is 22.0 Å². The highest BCUT2D eigenvalue weighted by atomic mass is 32.2. The molecule has 0 saturated heterocycles. The minimum Gasteiger partial charge on any atom is -0.341 e. The van der Waals surface area contributed by atoms with Crippen molar-refractivity contribution in [2.24, 2.45) is 0 Å². The van der Waals surface area contributed by atoms with Crippen molar-refractivity contribution in [2.45, 2.75) is 24.4 Å². The maximum Gasteiger partial charge on any atom is 0.412 e. The van der Waals surface area contributed by atoms with Crippen molar-refractivity contribution in [3.05, 3.63) is 65.7 Å². The van der Waals surface area contributed by atoms with Crippen LogP contribution in [0.5, 0.6) is 0 Å². The summed E-state index contributed by atoms with van der Waals surface area (Å²) in [6, 6.07) is 9.12. The summed E-state index contributed by atoms with van der Waals surface area (Å²) < 4.78 is 52.9. The fraction of sp³-hybridized carbons (Fsp3) is 0.263. The van der Waals surface area contributed by atoms with Crippen molar-refractivity contribution in [2.75, 3.05) is 5.75 Å². The number of hydrogen-bond acceptors (Lipinski definition) is 3. The summed E-state index contributed by atoms with van der Waals surface area (Å²) in [4.78, 5) is 19.7. The fourth-order valence-electron chi connectivity index (χ4n) is 2.66. The van der Waals surface area contributed by atoms with Gasteiger partial charge in [-0.2, -0.15) is 13.2 Å². The molecule has 0 aliphatic carbocycles. The summed E-state index contributed by atoms with van der Waals surface area (Å²) >= 11 is 1.17. The maximum atomic E-state index is 13.3. The lowest BCUT2D eigenvalue weighted by molar-refractivity contribution is -0.162. The SMILES string of the molecule is CC(SCC(=O)NC(c1ccc(F)cc1)C(F)(F)F)c1nc2ccccc2[nH]1. The second-order valence-electron chi connectivity index (χ2n) is 6.19. The summed E-state index contributed by atoms with van der Waals surface area (Å²) in [5, 5.41) is 1.77. The van der Waals surface area contributed by atoms with Gasteiger partial charge in [0, 0.05) is 0 Å². The first kappa shape index (κ1) is 20.2. The standard InChI is InChI=1S/C19H17F4N3OS/c1-11(18-24-14-4-2-3-5-15(14)25-18)28-10-16(27)26-17(19(21,22)23)12-6-8-13(20)9-7-12/h2-9,11,17H,10H2,1H3,(H,24,25)(H,26,27). The molecule has 3 aromatic rings. The zero-order chi connectivity index (χ0) is 20.3. The minimum atomic E-state index is -4.69. The molecule has 1 aromatic heterocycles. The summed E-state index contributed by atoms with van der Waals surface area (Å²) in [5.41, 5.74) is 1.41. The van der Waals surface area contributed by atoms with Gasteiger partial charge < -0.3 is 10.3 Å². The van der Waals surface area contributed by atoms with Gasteiger partial charge in [-0.25, -0.2) is 9.37 Å². The summed E-state index contributed by atoms with van der Waals surface area (Å²) in [5.74, 6) is -0.942. The number of thioether (sulfide) groups is 1. The van der Waals surface area contributed by atoms with Crippen molar-refractivity contribution in [3.63, 3.8) is 0 Å². The number of amides is 1. The summed E-state index contributed by atoms with van der Waals surface area (Å²) in [7, 11) is 0. The van der Waals surface area contributed by atoms with Gasteiger partial charge in [-0.3, -0.25) is 4.79 Å². The molecule has 0 radical (unpaired) electrons. The number of carbonyl (C=O) groups is 1. The van der Waals surface area contributed by atoms with Crippen LogP contribution < -0.4 is 5.32 Å². The number of nitrogens with zero attached hydrogens (tertiary/aromatic N) is 1. The number of para-hydroxylation sites is 2. The average molecular weight is 411 g/mol. The molecule has 2 N–H and O–H groups in total. The number of nitrogens with one attached hydrogen (secondary N) is 2. The predicted octanol–water partition coefficient (Wildman–Crippen LogP) is 4.92. The first-order valence-electron chi connectivity index (χ1n) is 8.42. The molecule has 2 aromatic carbocycles. The van der Waals surface area contributed by atoms with Gasteiger partial charge in [-0.1, -0.05) is 24.3 Å². The molecule has 2 atom stereocenters. The molecule has 148 valence electrons. The van der Waals surface area contributed by atoms with E-state index in [1.165, 1.54) is 11.8 Å². The van der Waals surface area contributed by atoms with E-state index in [9.17, 15) is 22.4 Å². The van der Waals surface area contributed by atoms with Crippen LogP contribution in [0.2, 0.25) is 0 Å². The molecule has 9 heteroatoms. The van der Waals surface area contributed by atoms with E-state index >= 15 is 0 Å². The smallest absolute Gasteiger partial charge is 0.341 e. The molecular weight excluding hydrogens is 394 g/mol. The highest BCUT2D eigenvalue weighted by Crippen LogP contribution is 2.33. The Morgan fingerprint density at radius 3 is 2.50 bits per heavy atom. The van der Waals surface area contributed by atoms with Crippen LogP contribution >= 0.6 is 11.8 Å². The van der Waals surface area contributed by atoms with E-state index in [-0.39, 0.29) is 16.6 Å². The molecule has 1 amide bonds. The summed E-state index contributed by atoms with van der Waals surface area (Å²) in [6.07, 6.45) is -4.69. The number of hydrogen-bond donors (Lipinski definition) is 2. The predicted molar refractivity (Wildman–Crippen MR) is 100 cm³/mol. The van der Waals surface area contributed by atoms with E-state index < -0.39 is 23.9 Å². The van der Waals surface area contributed by atoms with Crippen molar-refractivity contribution in [3.8, 4) is 0 Å². The molecule has 2 unspecified atom stereocenters. The third-order valence-corrected chi connectivity index (χ3v) is 5.25. The second-order valence-corrected chi connectivity index (χ2v) is 7.52. The number of aromatic nitrogens is 2. The molecule has 0 aliphatic rings. The minimum absolute atomic E-state index is 0.175. The maximum absolute atomic E-state index is 13.3. The molecule has 0 spiro atoms. The average Bonchev–Trinajstić information content (AvgIpc) is 3.08. The molecule has 0 aliphatic heterocycles. The Hall–Kier alpha value is -2.55. The Balaban J connectivity index is 1.63. The normalized spacial score (nSPS) is 14.0. The molecule has 0 fully saturated rings. The number of aromatic amines is 1. The lowest BCUT2D eigenvalue weighted by atomic mass is 10.1. The lowest BCUT2D eigenvalue weighted by Crippen LogP contribution is -2.39. The van der Waals surface area contributed by atoms with E-state index in [0.717, 1.165) is 35.3 Å². The van der Waals surface area contributed by atoms with Gasteiger partial charge >= 0.3 is 6.18 Å². The lowest BCUT2D eigenvalue weighted by Gasteiger charge is -2.22. The van der Waals surface area contributed by atoms with Crippen molar-refractivity contribution in [1.29, 1.82) is 0 Å². The first-order valence-corrected chi connectivity index (χ1v) is 9.46. The third-order valence-electron chi connectivity index (χ3n) is 4.09. The first-order chi connectivity index (χ1) is 13.2. The van der Waals surface area contributed by atoms with E-state index in [2.05, 4.69) is 9.97 Å². The molecule has 3 rings (SSSR count). The molecule has 1 heterocycles. The van der Waals surface area contributed by atoms with Gasteiger partial charge in [-0.15, -0.1) is 11.8 Å². The number of halogens is 4. The van der Waals surface area contributed by atoms with Crippen LogP contribution in [0.25, 0.3) is 11.0 Å².